The van der Waals surface area contributed by atoms with Crippen LogP contribution in [-0.2, 0) is 4.79 Å². The molecule has 3 N–H and O–H groups in total. The molecule has 0 radical (unpaired) electrons. The summed E-state index contributed by atoms with van der Waals surface area (Å²) in [6, 6.07) is 3.27. The van der Waals surface area contributed by atoms with Crippen LogP contribution in [0.15, 0.2) is 18.3 Å². The maximum Gasteiger partial charge on any atom is 0.337 e. The van der Waals surface area contributed by atoms with Crippen molar-refractivity contribution >= 4 is 17.7 Å². The van der Waals surface area contributed by atoms with E-state index in [1.165, 1.54) is 13.1 Å². The molecule has 1 aliphatic rings. The molecule has 0 aliphatic carbocycles. The van der Waals surface area contributed by atoms with Crippen LogP contribution in [0.1, 0.15) is 37.0 Å². The topological polar surface area (TPSA) is 103 Å². The Balaban J connectivity index is 1.94. The summed E-state index contributed by atoms with van der Waals surface area (Å²) in [5.41, 5.74) is -1.36. The second kappa shape index (κ2) is 6.95. The van der Waals surface area contributed by atoms with Gasteiger partial charge in [-0.3, -0.25) is 4.79 Å². The van der Waals surface area contributed by atoms with E-state index in [1.54, 1.807) is 12.1 Å². The lowest BCUT2D eigenvalue weighted by molar-refractivity contribution is -0.155. The van der Waals surface area contributed by atoms with Crippen molar-refractivity contribution < 1.29 is 19.8 Å². The number of carbonyl (C=O) groups excluding carboxylic acids is 1. The fraction of sp³-hybridized carbons (Fsp3) is 0.562. The predicted octanol–water partition coefficient (Wildman–Crippen LogP) is 1.20. The van der Waals surface area contributed by atoms with E-state index in [-0.39, 0.29) is 12.5 Å². The highest BCUT2D eigenvalue weighted by Crippen LogP contribution is 2.18. The van der Waals surface area contributed by atoms with Crippen molar-refractivity contribution in [1.29, 1.82) is 0 Å². The highest BCUT2D eigenvalue weighted by Gasteiger charge is 2.29. The zero-order chi connectivity index (χ0) is 17.0. The van der Waals surface area contributed by atoms with Crippen molar-refractivity contribution in [2.24, 2.45) is 5.92 Å². The van der Waals surface area contributed by atoms with Crippen LogP contribution in [0.3, 0.4) is 0 Å². The van der Waals surface area contributed by atoms with Crippen LogP contribution in [0, 0.1) is 5.92 Å². The average molecular weight is 321 g/mol. The van der Waals surface area contributed by atoms with Gasteiger partial charge in [0, 0.05) is 19.3 Å². The quantitative estimate of drug-likeness (QED) is 0.753. The van der Waals surface area contributed by atoms with E-state index in [1.807, 2.05) is 4.90 Å². The number of carboxylic acids is 1. The second-order valence-corrected chi connectivity index (χ2v) is 6.34. The molecule has 2 rings (SSSR count). The predicted molar refractivity (Wildman–Crippen MR) is 85.3 cm³/mol. The van der Waals surface area contributed by atoms with Crippen LogP contribution >= 0.6 is 0 Å². The molecule has 1 fully saturated rings. The monoisotopic (exact) mass is 321 g/mol. The lowest BCUT2D eigenvalue weighted by Crippen LogP contribution is -2.42. The molecule has 1 unspecified atom stereocenters. The fourth-order valence-electron chi connectivity index (χ4n) is 2.36. The van der Waals surface area contributed by atoms with Gasteiger partial charge in [-0.15, -0.1) is 0 Å². The summed E-state index contributed by atoms with van der Waals surface area (Å²) in [6.45, 7) is 4.75. The minimum Gasteiger partial charge on any atom is -0.479 e. The Morgan fingerprint density at radius 1 is 1.39 bits per heavy atom. The number of aliphatic carboxylic acids is 1. The Labute approximate surface area is 135 Å². The summed E-state index contributed by atoms with van der Waals surface area (Å²) in [7, 11) is 0. The molecule has 0 bridgehead atoms. The number of nitrogens with zero attached hydrogens (tertiary/aromatic N) is 2. The standard InChI is InChI=1S/C16H23N3O4/c1-11-5-7-19(8-6-11)14(20)12-3-4-13(17-9-12)18-10-16(2,23)15(21)22/h3-4,9,11,23H,5-8,10H2,1-2H3,(H,17,18)(H,21,22). The summed E-state index contributed by atoms with van der Waals surface area (Å²) in [5, 5.41) is 21.2. The lowest BCUT2D eigenvalue weighted by Gasteiger charge is -2.30. The number of rotatable bonds is 5. The van der Waals surface area contributed by atoms with Crippen molar-refractivity contribution in [2.75, 3.05) is 25.0 Å². The molecule has 1 saturated heterocycles. The number of aliphatic hydroxyl groups is 1. The van der Waals surface area contributed by atoms with Gasteiger partial charge in [-0.2, -0.15) is 0 Å². The molecule has 0 aromatic carbocycles. The van der Waals surface area contributed by atoms with E-state index >= 15 is 0 Å². The summed E-state index contributed by atoms with van der Waals surface area (Å²) in [4.78, 5) is 29.1. The van der Waals surface area contributed by atoms with Gasteiger partial charge in [0.1, 0.15) is 5.82 Å². The number of pyridine rings is 1. The Bertz CT molecular complexity index is 563. The number of hydrogen-bond acceptors (Lipinski definition) is 5. The van der Waals surface area contributed by atoms with Crippen LogP contribution in [-0.4, -0.2) is 57.2 Å². The molecule has 2 heterocycles. The molecule has 1 aromatic heterocycles. The smallest absolute Gasteiger partial charge is 0.337 e. The van der Waals surface area contributed by atoms with Gasteiger partial charge >= 0.3 is 5.97 Å². The third kappa shape index (κ3) is 4.41. The molecule has 0 saturated carbocycles. The summed E-state index contributed by atoms with van der Waals surface area (Å²) < 4.78 is 0. The van der Waals surface area contributed by atoms with Crippen molar-refractivity contribution in [2.45, 2.75) is 32.3 Å². The van der Waals surface area contributed by atoms with E-state index in [9.17, 15) is 14.7 Å². The zero-order valence-corrected chi connectivity index (χ0v) is 13.5. The fourth-order valence-corrected chi connectivity index (χ4v) is 2.36. The van der Waals surface area contributed by atoms with Crippen molar-refractivity contribution in [3.05, 3.63) is 23.9 Å². The number of nitrogens with one attached hydrogen (secondary N) is 1. The van der Waals surface area contributed by atoms with E-state index in [2.05, 4.69) is 17.2 Å². The number of carbonyl (C=O) groups is 2. The van der Waals surface area contributed by atoms with Crippen LogP contribution in [0.4, 0.5) is 5.82 Å². The number of carboxylic acid groups (broad SMARTS) is 1. The highest BCUT2D eigenvalue weighted by molar-refractivity contribution is 5.94. The van der Waals surface area contributed by atoms with E-state index in [4.69, 9.17) is 5.11 Å². The van der Waals surface area contributed by atoms with Crippen LogP contribution < -0.4 is 5.32 Å². The van der Waals surface area contributed by atoms with Crippen molar-refractivity contribution in [1.82, 2.24) is 9.88 Å². The Morgan fingerprint density at radius 3 is 2.57 bits per heavy atom. The molecule has 1 aromatic rings. The normalized spacial score (nSPS) is 18.3. The molecule has 126 valence electrons. The van der Waals surface area contributed by atoms with E-state index in [0.29, 0.717) is 17.3 Å². The van der Waals surface area contributed by atoms with Gasteiger partial charge < -0.3 is 20.4 Å². The molecule has 7 nitrogen and oxygen atoms in total. The third-order valence-corrected chi connectivity index (χ3v) is 4.16. The third-order valence-electron chi connectivity index (χ3n) is 4.16. The molecule has 1 aliphatic heterocycles. The number of hydrogen-bond donors (Lipinski definition) is 3. The maximum absolute atomic E-state index is 12.4. The largest absolute Gasteiger partial charge is 0.479 e. The lowest BCUT2D eigenvalue weighted by atomic mass is 9.99. The first-order valence-electron chi connectivity index (χ1n) is 7.74. The summed E-state index contributed by atoms with van der Waals surface area (Å²) >= 11 is 0. The number of likely N-dealkylation sites (tertiary alicyclic amines) is 1. The number of piperidine rings is 1. The molecule has 7 heteroatoms. The molecule has 1 amide bonds. The van der Waals surface area contributed by atoms with E-state index in [0.717, 1.165) is 25.9 Å². The number of anilines is 1. The van der Waals surface area contributed by atoms with Gasteiger partial charge in [0.2, 0.25) is 0 Å². The van der Waals surface area contributed by atoms with Gasteiger partial charge in [0.15, 0.2) is 5.60 Å². The van der Waals surface area contributed by atoms with E-state index < -0.39 is 11.6 Å². The first-order valence-corrected chi connectivity index (χ1v) is 7.74. The Kier molecular flexibility index (Phi) is 5.20. The Hall–Kier alpha value is -2.15. The molecular weight excluding hydrogens is 298 g/mol. The SMILES string of the molecule is CC1CCN(C(=O)c2ccc(NCC(C)(O)C(=O)O)nc2)CC1. The van der Waals surface area contributed by atoms with Crippen LogP contribution in [0.25, 0.3) is 0 Å². The minimum absolute atomic E-state index is 0.0338. The van der Waals surface area contributed by atoms with Gasteiger partial charge in [-0.1, -0.05) is 6.92 Å². The molecule has 1 atom stereocenters. The number of amides is 1. The zero-order valence-electron chi connectivity index (χ0n) is 13.5. The van der Waals surface area contributed by atoms with Gasteiger partial charge in [0.05, 0.1) is 12.1 Å². The first-order chi connectivity index (χ1) is 10.8. The van der Waals surface area contributed by atoms with Gasteiger partial charge in [-0.05, 0) is 37.8 Å². The van der Waals surface area contributed by atoms with Crippen molar-refractivity contribution in [3.63, 3.8) is 0 Å². The molecule has 0 spiro atoms. The van der Waals surface area contributed by atoms with Crippen molar-refractivity contribution in [3.8, 4) is 0 Å². The summed E-state index contributed by atoms with van der Waals surface area (Å²) in [5.74, 6) is -0.272. The highest BCUT2D eigenvalue weighted by atomic mass is 16.4. The van der Waals surface area contributed by atoms with Gasteiger partial charge in [0.25, 0.3) is 5.91 Å². The summed E-state index contributed by atoms with van der Waals surface area (Å²) in [6.07, 6.45) is 3.50. The van der Waals surface area contributed by atoms with Crippen LogP contribution in [0.2, 0.25) is 0 Å². The average Bonchev–Trinajstić information content (AvgIpc) is 2.53. The minimum atomic E-state index is -1.87. The first kappa shape index (κ1) is 17.2. The molecular formula is C16H23N3O4. The second-order valence-electron chi connectivity index (χ2n) is 6.34. The van der Waals surface area contributed by atoms with Gasteiger partial charge in [-0.25, -0.2) is 9.78 Å². The maximum atomic E-state index is 12.4. The number of aromatic nitrogens is 1. The Morgan fingerprint density at radius 2 is 2.04 bits per heavy atom. The van der Waals surface area contributed by atoms with Crippen LogP contribution in [0.5, 0.6) is 0 Å². The molecule has 23 heavy (non-hydrogen) atoms.